The van der Waals surface area contributed by atoms with Crippen molar-refractivity contribution in [1.29, 1.82) is 5.26 Å². The number of azo groups is 1. The average molecular weight is 257 g/mol. The summed E-state index contributed by atoms with van der Waals surface area (Å²) in [6, 6.07) is 7.81. The lowest BCUT2D eigenvalue weighted by atomic mass is 10.3. The fourth-order valence-corrected chi connectivity index (χ4v) is 1.45. The Kier molecular flexibility index (Phi) is 3.83. The van der Waals surface area contributed by atoms with E-state index in [0.717, 1.165) is 11.0 Å². The molecule has 7 heteroatoms. The number of carbonyl (C=O) groups is 1. The van der Waals surface area contributed by atoms with E-state index in [4.69, 9.17) is 10.00 Å². The minimum absolute atomic E-state index is 0.192. The van der Waals surface area contributed by atoms with Crippen LogP contribution in [0.15, 0.2) is 34.5 Å². The van der Waals surface area contributed by atoms with E-state index in [2.05, 4.69) is 20.2 Å². The number of nitrogens with zero attached hydrogens (tertiary/aromatic N) is 4. The normalized spacial score (nSPS) is 12.4. The monoisotopic (exact) mass is 257 g/mol. The second-order valence-electron chi connectivity index (χ2n) is 3.58. The van der Waals surface area contributed by atoms with Crippen LogP contribution in [0.4, 0.5) is 5.95 Å². The molecular formula is C12H11N5O2. The van der Waals surface area contributed by atoms with Crippen LogP contribution in [-0.4, -0.2) is 28.6 Å². The molecule has 2 rings (SSSR count). The summed E-state index contributed by atoms with van der Waals surface area (Å²) < 4.78 is 4.70. The zero-order valence-corrected chi connectivity index (χ0v) is 10.2. The summed E-state index contributed by atoms with van der Waals surface area (Å²) in [5.41, 5.74) is 1.54. The number of hydrogen-bond acceptors (Lipinski definition) is 6. The van der Waals surface area contributed by atoms with E-state index < -0.39 is 12.0 Å². The number of nitrogens with one attached hydrogen (secondary N) is 1. The maximum atomic E-state index is 11.3. The molecular weight excluding hydrogens is 246 g/mol. The summed E-state index contributed by atoms with van der Waals surface area (Å²) in [5, 5.41) is 16.2. The number of esters is 1. The molecule has 0 saturated heterocycles. The van der Waals surface area contributed by atoms with Crippen molar-refractivity contribution in [2.45, 2.75) is 13.0 Å². The standard InChI is InChI=1S/C12H11N5O2/c1-2-19-11(18)10(7-13)16-17-12-14-8-5-3-4-6-9(8)15-12/h3-6,10H,2H2,1H3,(H,14,15)/t10-/m1/s1. The molecule has 0 aliphatic rings. The van der Waals surface area contributed by atoms with Gasteiger partial charge in [-0.25, -0.2) is 9.78 Å². The summed E-state index contributed by atoms with van der Waals surface area (Å²) in [4.78, 5) is 18.4. The number of ether oxygens (including phenoxy) is 1. The Hall–Kier alpha value is -2.75. The Bertz CT molecular complexity index is 622. The van der Waals surface area contributed by atoms with Gasteiger partial charge in [0.2, 0.25) is 5.95 Å². The summed E-state index contributed by atoms with van der Waals surface area (Å²) in [6.45, 7) is 1.85. The molecule has 1 aromatic heterocycles. The molecule has 0 radical (unpaired) electrons. The third kappa shape index (κ3) is 2.93. The quantitative estimate of drug-likeness (QED) is 0.668. The molecule has 0 saturated carbocycles. The molecule has 0 aliphatic heterocycles. The highest BCUT2D eigenvalue weighted by Crippen LogP contribution is 2.16. The average Bonchev–Trinajstić information content (AvgIpc) is 2.82. The summed E-state index contributed by atoms with van der Waals surface area (Å²) >= 11 is 0. The Morgan fingerprint density at radius 3 is 3.05 bits per heavy atom. The van der Waals surface area contributed by atoms with Gasteiger partial charge in [0.15, 0.2) is 0 Å². The molecule has 0 bridgehead atoms. The number of aromatic nitrogens is 2. The SMILES string of the molecule is CCOC(=O)[C@@H](C#N)N=Nc1nc2ccccc2[nH]1. The van der Waals surface area contributed by atoms with Gasteiger partial charge in [0.25, 0.3) is 6.04 Å². The third-order valence-corrected chi connectivity index (χ3v) is 2.28. The fourth-order valence-electron chi connectivity index (χ4n) is 1.45. The number of fused-ring (bicyclic) bond motifs is 1. The van der Waals surface area contributed by atoms with Gasteiger partial charge in [-0.1, -0.05) is 12.1 Å². The van der Waals surface area contributed by atoms with Crippen molar-refractivity contribution in [1.82, 2.24) is 9.97 Å². The first kappa shape index (κ1) is 12.7. The first-order valence-electron chi connectivity index (χ1n) is 5.66. The van der Waals surface area contributed by atoms with Crippen LogP contribution >= 0.6 is 0 Å². The molecule has 2 aromatic rings. The second-order valence-corrected chi connectivity index (χ2v) is 3.58. The molecule has 0 amide bonds. The predicted octanol–water partition coefficient (Wildman–Crippen LogP) is 2.10. The number of para-hydroxylation sites is 2. The van der Waals surface area contributed by atoms with Gasteiger partial charge in [0.05, 0.1) is 17.6 Å². The van der Waals surface area contributed by atoms with Crippen molar-refractivity contribution in [2.75, 3.05) is 6.61 Å². The van der Waals surface area contributed by atoms with E-state index >= 15 is 0 Å². The molecule has 1 aromatic carbocycles. The third-order valence-electron chi connectivity index (χ3n) is 2.28. The van der Waals surface area contributed by atoms with E-state index in [9.17, 15) is 4.79 Å². The van der Waals surface area contributed by atoms with Crippen molar-refractivity contribution >= 4 is 23.0 Å². The van der Waals surface area contributed by atoms with Crippen molar-refractivity contribution in [2.24, 2.45) is 10.2 Å². The van der Waals surface area contributed by atoms with Gasteiger partial charge in [-0.2, -0.15) is 10.4 Å². The Morgan fingerprint density at radius 1 is 1.58 bits per heavy atom. The molecule has 19 heavy (non-hydrogen) atoms. The molecule has 0 unspecified atom stereocenters. The molecule has 96 valence electrons. The summed E-state index contributed by atoms with van der Waals surface area (Å²) in [7, 11) is 0. The van der Waals surface area contributed by atoms with Gasteiger partial charge in [-0.05, 0) is 19.1 Å². The van der Waals surface area contributed by atoms with Crippen LogP contribution in [-0.2, 0) is 9.53 Å². The molecule has 0 aliphatic carbocycles. The number of benzene rings is 1. The smallest absolute Gasteiger partial charge is 0.347 e. The maximum Gasteiger partial charge on any atom is 0.347 e. The van der Waals surface area contributed by atoms with Crippen LogP contribution in [0.5, 0.6) is 0 Å². The number of rotatable bonds is 4. The molecule has 0 fully saturated rings. The lowest BCUT2D eigenvalue weighted by molar-refractivity contribution is -0.143. The van der Waals surface area contributed by atoms with Crippen molar-refractivity contribution in [3.63, 3.8) is 0 Å². The number of carbonyl (C=O) groups excluding carboxylic acids is 1. The van der Waals surface area contributed by atoms with Gasteiger partial charge in [0, 0.05) is 0 Å². The Labute approximate surface area is 108 Å². The number of imidazole rings is 1. The zero-order chi connectivity index (χ0) is 13.7. The van der Waals surface area contributed by atoms with Crippen LogP contribution in [0.3, 0.4) is 0 Å². The van der Waals surface area contributed by atoms with Gasteiger partial charge in [-0.15, -0.1) is 5.11 Å². The van der Waals surface area contributed by atoms with Gasteiger partial charge >= 0.3 is 5.97 Å². The molecule has 7 nitrogen and oxygen atoms in total. The topological polar surface area (TPSA) is 103 Å². The highest BCUT2D eigenvalue weighted by Gasteiger charge is 2.18. The highest BCUT2D eigenvalue weighted by atomic mass is 16.5. The summed E-state index contributed by atoms with van der Waals surface area (Å²) in [5.74, 6) is -0.476. The van der Waals surface area contributed by atoms with E-state index in [0.29, 0.717) is 0 Å². The van der Waals surface area contributed by atoms with E-state index in [1.165, 1.54) is 0 Å². The molecule has 1 atom stereocenters. The lowest BCUT2D eigenvalue weighted by Gasteiger charge is -2.00. The van der Waals surface area contributed by atoms with E-state index in [1.807, 2.05) is 24.3 Å². The minimum atomic E-state index is -1.27. The first-order chi connectivity index (χ1) is 9.24. The maximum absolute atomic E-state index is 11.3. The largest absolute Gasteiger partial charge is 0.464 e. The van der Waals surface area contributed by atoms with Gasteiger partial charge in [-0.3, -0.25) is 0 Å². The highest BCUT2D eigenvalue weighted by molar-refractivity contribution is 5.79. The minimum Gasteiger partial charge on any atom is -0.464 e. The zero-order valence-electron chi connectivity index (χ0n) is 10.2. The summed E-state index contributed by atoms with van der Waals surface area (Å²) in [6.07, 6.45) is 0. The number of H-pyrrole nitrogens is 1. The van der Waals surface area contributed by atoms with Crippen LogP contribution in [0.25, 0.3) is 11.0 Å². The number of nitriles is 1. The fraction of sp³-hybridized carbons (Fsp3) is 0.250. The van der Waals surface area contributed by atoms with Crippen LogP contribution in [0.2, 0.25) is 0 Å². The van der Waals surface area contributed by atoms with Crippen LogP contribution < -0.4 is 0 Å². The van der Waals surface area contributed by atoms with Crippen molar-refractivity contribution < 1.29 is 9.53 Å². The van der Waals surface area contributed by atoms with Crippen molar-refractivity contribution in [3.8, 4) is 6.07 Å². The molecule has 1 N–H and O–H groups in total. The first-order valence-corrected chi connectivity index (χ1v) is 5.66. The van der Waals surface area contributed by atoms with E-state index in [-0.39, 0.29) is 12.6 Å². The number of aromatic amines is 1. The van der Waals surface area contributed by atoms with Crippen LogP contribution in [0, 0.1) is 11.3 Å². The molecule has 0 spiro atoms. The Balaban J connectivity index is 2.17. The number of hydrogen-bond donors (Lipinski definition) is 1. The second kappa shape index (κ2) is 5.73. The predicted molar refractivity (Wildman–Crippen MR) is 66.6 cm³/mol. The van der Waals surface area contributed by atoms with E-state index in [1.54, 1.807) is 13.0 Å². The van der Waals surface area contributed by atoms with Crippen LogP contribution in [0.1, 0.15) is 6.92 Å². The Morgan fingerprint density at radius 2 is 2.37 bits per heavy atom. The van der Waals surface area contributed by atoms with Crippen molar-refractivity contribution in [3.05, 3.63) is 24.3 Å². The molecule has 1 heterocycles. The van der Waals surface area contributed by atoms with Gasteiger partial charge in [0.1, 0.15) is 6.07 Å². The lowest BCUT2D eigenvalue weighted by Crippen LogP contribution is -2.19. The van der Waals surface area contributed by atoms with Gasteiger partial charge < -0.3 is 9.72 Å².